The zero-order chi connectivity index (χ0) is 13.2. The topological polar surface area (TPSA) is 40.7 Å². The number of hydrogen-bond donors (Lipinski definition) is 2. The predicted molar refractivity (Wildman–Crippen MR) is 77.5 cm³/mol. The zero-order valence-corrected chi connectivity index (χ0v) is 11.5. The molecule has 19 heavy (non-hydrogen) atoms. The summed E-state index contributed by atoms with van der Waals surface area (Å²) in [5.74, 6) is -0.249. The second-order valence-electron chi connectivity index (χ2n) is 4.24. The number of hydrogen-bond acceptors (Lipinski definition) is 2. The molecule has 2 N–H and O–H groups in total. The number of anilines is 1. The van der Waals surface area contributed by atoms with Crippen LogP contribution in [0.25, 0.3) is 10.9 Å². The third kappa shape index (κ3) is 2.46. The van der Waals surface area contributed by atoms with Crippen molar-refractivity contribution < 1.29 is 4.39 Å². The maximum absolute atomic E-state index is 13.1. The smallest absolute Gasteiger partial charge is 0.137 e. The maximum atomic E-state index is 13.1. The van der Waals surface area contributed by atoms with Gasteiger partial charge in [-0.15, -0.1) is 0 Å². The molecule has 0 bridgehead atoms. The van der Waals surface area contributed by atoms with Gasteiger partial charge in [0.25, 0.3) is 0 Å². The predicted octanol–water partition coefficient (Wildman–Crippen LogP) is 4.08. The van der Waals surface area contributed by atoms with Crippen LogP contribution < -0.4 is 5.32 Å². The molecule has 0 fully saturated rings. The second kappa shape index (κ2) is 5.01. The van der Waals surface area contributed by atoms with E-state index < -0.39 is 0 Å². The SMILES string of the molecule is Fc1ccc(CNc2cccc3[nH]ncc23)cc1Br. The van der Waals surface area contributed by atoms with E-state index >= 15 is 0 Å². The van der Waals surface area contributed by atoms with E-state index in [9.17, 15) is 4.39 Å². The summed E-state index contributed by atoms with van der Waals surface area (Å²) in [6.45, 7) is 0.628. The highest BCUT2D eigenvalue weighted by molar-refractivity contribution is 9.10. The number of fused-ring (bicyclic) bond motifs is 1. The minimum Gasteiger partial charge on any atom is -0.380 e. The maximum Gasteiger partial charge on any atom is 0.137 e. The van der Waals surface area contributed by atoms with Crippen molar-refractivity contribution in [1.82, 2.24) is 10.2 Å². The van der Waals surface area contributed by atoms with Crippen molar-refractivity contribution in [1.29, 1.82) is 0 Å². The number of aromatic nitrogens is 2. The highest BCUT2D eigenvalue weighted by atomic mass is 79.9. The number of nitrogens with zero attached hydrogens (tertiary/aromatic N) is 1. The first-order valence-electron chi connectivity index (χ1n) is 5.84. The summed E-state index contributed by atoms with van der Waals surface area (Å²) in [6, 6.07) is 10.9. The summed E-state index contributed by atoms with van der Waals surface area (Å²) in [4.78, 5) is 0. The second-order valence-corrected chi connectivity index (χ2v) is 5.09. The molecule has 3 rings (SSSR count). The van der Waals surface area contributed by atoms with E-state index in [0.717, 1.165) is 22.2 Å². The molecule has 5 heteroatoms. The Kier molecular flexibility index (Phi) is 3.21. The number of halogens is 2. The van der Waals surface area contributed by atoms with Gasteiger partial charge >= 0.3 is 0 Å². The van der Waals surface area contributed by atoms with E-state index in [4.69, 9.17) is 0 Å². The number of aromatic amines is 1. The Bertz CT molecular complexity index is 724. The van der Waals surface area contributed by atoms with Gasteiger partial charge in [0, 0.05) is 17.6 Å². The monoisotopic (exact) mass is 319 g/mol. The Labute approximate surface area is 118 Å². The average molecular weight is 320 g/mol. The molecule has 3 nitrogen and oxygen atoms in total. The summed E-state index contributed by atoms with van der Waals surface area (Å²) in [5.41, 5.74) is 3.01. The van der Waals surface area contributed by atoms with Crippen molar-refractivity contribution in [3.8, 4) is 0 Å². The number of rotatable bonds is 3. The van der Waals surface area contributed by atoms with E-state index in [2.05, 4.69) is 31.4 Å². The highest BCUT2D eigenvalue weighted by Crippen LogP contribution is 2.22. The van der Waals surface area contributed by atoms with Gasteiger partial charge in [-0.05, 0) is 45.8 Å². The molecular formula is C14H11BrFN3. The fourth-order valence-electron chi connectivity index (χ4n) is 1.97. The Morgan fingerprint density at radius 3 is 3.00 bits per heavy atom. The van der Waals surface area contributed by atoms with E-state index in [1.165, 1.54) is 6.07 Å². The summed E-state index contributed by atoms with van der Waals surface area (Å²) < 4.78 is 13.6. The first-order chi connectivity index (χ1) is 9.24. The first-order valence-corrected chi connectivity index (χ1v) is 6.63. The quantitative estimate of drug-likeness (QED) is 0.763. The van der Waals surface area contributed by atoms with Crippen LogP contribution in [0.15, 0.2) is 47.1 Å². The van der Waals surface area contributed by atoms with Gasteiger partial charge in [-0.2, -0.15) is 5.10 Å². The van der Waals surface area contributed by atoms with Gasteiger partial charge < -0.3 is 5.32 Å². The minimum absolute atomic E-state index is 0.249. The molecule has 0 unspecified atom stereocenters. The van der Waals surface area contributed by atoms with Crippen molar-refractivity contribution in [2.24, 2.45) is 0 Å². The average Bonchev–Trinajstić information content (AvgIpc) is 2.89. The Balaban J connectivity index is 1.82. The van der Waals surface area contributed by atoms with Crippen LogP contribution in [0.2, 0.25) is 0 Å². The van der Waals surface area contributed by atoms with E-state index in [-0.39, 0.29) is 5.82 Å². The molecule has 0 spiro atoms. The molecule has 3 aromatic rings. The number of benzene rings is 2. The van der Waals surface area contributed by atoms with Crippen molar-refractivity contribution in [2.75, 3.05) is 5.32 Å². The largest absolute Gasteiger partial charge is 0.380 e. The van der Waals surface area contributed by atoms with E-state index in [1.807, 2.05) is 18.2 Å². The Morgan fingerprint density at radius 2 is 2.16 bits per heavy atom. The van der Waals surface area contributed by atoms with Gasteiger partial charge in [0.05, 0.1) is 16.2 Å². The fraction of sp³-hybridized carbons (Fsp3) is 0.0714. The third-order valence-electron chi connectivity index (χ3n) is 2.95. The Hall–Kier alpha value is -1.88. The lowest BCUT2D eigenvalue weighted by Crippen LogP contribution is -2.00. The molecule has 96 valence electrons. The lowest BCUT2D eigenvalue weighted by Gasteiger charge is -2.08. The van der Waals surface area contributed by atoms with Gasteiger partial charge in [0.15, 0.2) is 0 Å². The van der Waals surface area contributed by atoms with Gasteiger partial charge in [0.1, 0.15) is 5.82 Å². The third-order valence-corrected chi connectivity index (χ3v) is 3.56. The number of nitrogens with one attached hydrogen (secondary N) is 2. The van der Waals surface area contributed by atoms with Crippen molar-refractivity contribution >= 4 is 32.5 Å². The minimum atomic E-state index is -0.249. The van der Waals surface area contributed by atoms with Crippen LogP contribution in [0.5, 0.6) is 0 Å². The molecule has 1 heterocycles. The lowest BCUT2D eigenvalue weighted by molar-refractivity contribution is 0.620. The fourth-order valence-corrected chi connectivity index (χ4v) is 2.40. The van der Waals surface area contributed by atoms with Crippen molar-refractivity contribution in [2.45, 2.75) is 6.54 Å². The molecule has 0 amide bonds. The van der Waals surface area contributed by atoms with Crippen LogP contribution in [0, 0.1) is 5.82 Å². The molecule has 0 saturated heterocycles. The summed E-state index contributed by atoms with van der Waals surface area (Å²) in [7, 11) is 0. The molecule has 0 saturated carbocycles. The molecule has 0 aliphatic rings. The van der Waals surface area contributed by atoms with Crippen LogP contribution in [0.1, 0.15) is 5.56 Å². The molecular weight excluding hydrogens is 309 g/mol. The van der Waals surface area contributed by atoms with Crippen molar-refractivity contribution in [3.05, 3.63) is 58.4 Å². The standard InChI is InChI=1S/C14H11BrFN3/c15-11-6-9(4-5-12(11)16)7-17-13-2-1-3-14-10(13)8-18-19-14/h1-6,8,17H,7H2,(H,18,19). The molecule has 2 aromatic carbocycles. The molecule has 0 aliphatic heterocycles. The summed E-state index contributed by atoms with van der Waals surface area (Å²) in [5, 5.41) is 11.3. The van der Waals surface area contributed by atoms with Crippen LogP contribution in [-0.2, 0) is 6.54 Å². The van der Waals surface area contributed by atoms with Crippen molar-refractivity contribution in [3.63, 3.8) is 0 Å². The van der Waals surface area contributed by atoms with Crippen LogP contribution >= 0.6 is 15.9 Å². The summed E-state index contributed by atoms with van der Waals surface area (Å²) in [6.07, 6.45) is 1.79. The van der Waals surface area contributed by atoms with E-state index in [1.54, 1.807) is 18.3 Å². The van der Waals surface area contributed by atoms with Gasteiger partial charge in [-0.1, -0.05) is 12.1 Å². The van der Waals surface area contributed by atoms with Crippen LogP contribution in [0.4, 0.5) is 10.1 Å². The highest BCUT2D eigenvalue weighted by Gasteiger charge is 2.03. The molecule has 0 radical (unpaired) electrons. The lowest BCUT2D eigenvalue weighted by atomic mass is 10.2. The van der Waals surface area contributed by atoms with Gasteiger partial charge in [0.2, 0.25) is 0 Å². The molecule has 0 atom stereocenters. The Morgan fingerprint density at radius 1 is 1.26 bits per heavy atom. The summed E-state index contributed by atoms with van der Waals surface area (Å²) >= 11 is 3.19. The van der Waals surface area contributed by atoms with Gasteiger partial charge in [-0.25, -0.2) is 4.39 Å². The zero-order valence-electron chi connectivity index (χ0n) is 9.95. The van der Waals surface area contributed by atoms with Crippen LogP contribution in [0.3, 0.4) is 0 Å². The molecule has 1 aromatic heterocycles. The van der Waals surface area contributed by atoms with Crippen LogP contribution in [-0.4, -0.2) is 10.2 Å². The van der Waals surface area contributed by atoms with E-state index in [0.29, 0.717) is 11.0 Å². The number of H-pyrrole nitrogens is 1. The normalized spacial score (nSPS) is 10.8. The van der Waals surface area contributed by atoms with Gasteiger partial charge in [-0.3, -0.25) is 5.10 Å². The first kappa shape index (κ1) is 12.2. The molecule has 0 aliphatic carbocycles.